The summed E-state index contributed by atoms with van der Waals surface area (Å²) >= 11 is 0. The van der Waals surface area contributed by atoms with Gasteiger partial charge in [-0.25, -0.2) is 9.97 Å². The third-order valence-corrected chi connectivity index (χ3v) is 2.79. The summed E-state index contributed by atoms with van der Waals surface area (Å²) < 4.78 is 0. The molecule has 18 heavy (non-hydrogen) atoms. The van der Waals surface area contributed by atoms with Crippen molar-refractivity contribution in [2.75, 3.05) is 43.9 Å². The van der Waals surface area contributed by atoms with E-state index in [9.17, 15) is 0 Å². The monoisotopic (exact) mass is 251 g/mol. The van der Waals surface area contributed by atoms with E-state index in [4.69, 9.17) is 0 Å². The molecule has 0 aliphatic carbocycles. The number of nitrogens with zero attached hydrogens (tertiary/aromatic N) is 3. The van der Waals surface area contributed by atoms with Crippen LogP contribution in [0.1, 0.15) is 26.6 Å². The van der Waals surface area contributed by atoms with Crippen molar-refractivity contribution in [2.45, 2.75) is 27.2 Å². The van der Waals surface area contributed by atoms with Crippen molar-refractivity contribution in [3.05, 3.63) is 11.9 Å². The number of nitrogens with one attached hydrogen (secondary N) is 2. The summed E-state index contributed by atoms with van der Waals surface area (Å²) in [5.41, 5.74) is 0. The fourth-order valence-corrected chi connectivity index (χ4v) is 1.55. The Kier molecular flexibility index (Phi) is 6.43. The van der Waals surface area contributed by atoms with Gasteiger partial charge in [-0.1, -0.05) is 13.8 Å². The number of hydrogen-bond donors (Lipinski definition) is 2. The number of rotatable bonds is 8. The third kappa shape index (κ3) is 4.87. The van der Waals surface area contributed by atoms with Crippen molar-refractivity contribution in [1.82, 2.24) is 14.9 Å². The smallest absolute Gasteiger partial charge is 0.132 e. The van der Waals surface area contributed by atoms with Crippen LogP contribution in [0.3, 0.4) is 0 Å². The number of hydrogen-bond acceptors (Lipinski definition) is 5. The first-order valence-corrected chi connectivity index (χ1v) is 6.73. The topological polar surface area (TPSA) is 53.1 Å². The zero-order valence-electron chi connectivity index (χ0n) is 12.0. The number of aryl methyl sites for hydroxylation is 1. The molecule has 2 N–H and O–H groups in total. The molecule has 1 aromatic heterocycles. The highest BCUT2D eigenvalue weighted by molar-refractivity contribution is 5.47. The van der Waals surface area contributed by atoms with Crippen LogP contribution in [0.4, 0.5) is 11.6 Å². The van der Waals surface area contributed by atoms with Crippen LogP contribution in [0.25, 0.3) is 0 Å². The van der Waals surface area contributed by atoms with Crippen molar-refractivity contribution >= 4 is 11.6 Å². The van der Waals surface area contributed by atoms with E-state index in [1.165, 1.54) is 0 Å². The Hall–Kier alpha value is -1.36. The van der Waals surface area contributed by atoms with Crippen molar-refractivity contribution in [3.63, 3.8) is 0 Å². The lowest BCUT2D eigenvalue weighted by Gasteiger charge is -2.15. The molecular formula is C13H25N5. The maximum Gasteiger partial charge on any atom is 0.132 e. The predicted octanol–water partition coefficient (Wildman–Crippen LogP) is 1.83. The minimum atomic E-state index is 0.850. The lowest BCUT2D eigenvalue weighted by atomic mass is 10.4. The van der Waals surface area contributed by atoms with Gasteiger partial charge < -0.3 is 15.5 Å². The van der Waals surface area contributed by atoms with Gasteiger partial charge >= 0.3 is 0 Å². The number of aromatic nitrogens is 2. The van der Waals surface area contributed by atoms with Crippen molar-refractivity contribution in [2.24, 2.45) is 0 Å². The Labute approximate surface area is 110 Å². The molecule has 0 fully saturated rings. The SMILES string of the molecule is CCNc1cc(NCCN(C)CC)nc(CC)n1. The molecule has 0 aromatic carbocycles. The van der Waals surface area contributed by atoms with Crippen LogP contribution in [0, 0.1) is 0 Å². The second-order valence-corrected chi connectivity index (χ2v) is 4.26. The molecule has 0 spiro atoms. The van der Waals surface area contributed by atoms with E-state index < -0.39 is 0 Å². The van der Waals surface area contributed by atoms with E-state index in [1.807, 2.05) is 6.07 Å². The molecule has 0 unspecified atom stereocenters. The Balaban J connectivity index is 2.60. The fourth-order valence-electron chi connectivity index (χ4n) is 1.55. The van der Waals surface area contributed by atoms with E-state index in [0.29, 0.717) is 0 Å². The van der Waals surface area contributed by atoms with E-state index in [1.54, 1.807) is 0 Å². The maximum absolute atomic E-state index is 4.48. The van der Waals surface area contributed by atoms with E-state index in [0.717, 1.165) is 50.1 Å². The van der Waals surface area contributed by atoms with Gasteiger partial charge in [-0.3, -0.25) is 0 Å². The van der Waals surface area contributed by atoms with E-state index >= 15 is 0 Å². The molecule has 0 radical (unpaired) electrons. The Morgan fingerprint density at radius 2 is 1.78 bits per heavy atom. The molecule has 1 aromatic rings. The summed E-state index contributed by atoms with van der Waals surface area (Å²) in [5.74, 6) is 2.68. The zero-order valence-corrected chi connectivity index (χ0v) is 12.0. The van der Waals surface area contributed by atoms with Gasteiger partial charge in [0.15, 0.2) is 0 Å². The Bertz CT molecular complexity index is 353. The minimum absolute atomic E-state index is 0.850. The van der Waals surface area contributed by atoms with Crippen LogP contribution in [-0.2, 0) is 6.42 Å². The first-order chi connectivity index (χ1) is 8.69. The molecular weight excluding hydrogens is 226 g/mol. The summed E-state index contributed by atoms with van der Waals surface area (Å²) in [7, 11) is 2.11. The fraction of sp³-hybridized carbons (Fsp3) is 0.692. The van der Waals surface area contributed by atoms with Crippen molar-refractivity contribution in [3.8, 4) is 0 Å². The van der Waals surface area contributed by atoms with Gasteiger partial charge in [0.05, 0.1) is 0 Å². The van der Waals surface area contributed by atoms with Gasteiger partial charge in [0.1, 0.15) is 17.5 Å². The molecule has 102 valence electrons. The average Bonchev–Trinajstić information content (AvgIpc) is 2.38. The lowest BCUT2D eigenvalue weighted by molar-refractivity contribution is 0.367. The maximum atomic E-state index is 4.48. The predicted molar refractivity (Wildman–Crippen MR) is 77.2 cm³/mol. The van der Waals surface area contributed by atoms with Crippen LogP contribution in [-0.4, -0.2) is 48.1 Å². The van der Waals surface area contributed by atoms with E-state index in [2.05, 4.69) is 53.3 Å². The number of anilines is 2. The van der Waals surface area contributed by atoms with Gasteiger partial charge in [-0.15, -0.1) is 0 Å². The standard InChI is InChI=1S/C13H25N5/c1-5-11-16-12(14-6-2)10-13(17-11)15-8-9-18(4)7-3/h10H,5-9H2,1-4H3,(H2,14,15,16,17). The molecule has 0 atom stereocenters. The van der Waals surface area contributed by atoms with E-state index in [-0.39, 0.29) is 0 Å². The van der Waals surface area contributed by atoms with Gasteiger partial charge in [0.25, 0.3) is 0 Å². The summed E-state index contributed by atoms with van der Waals surface area (Å²) in [6.45, 7) is 10.1. The van der Waals surface area contributed by atoms with Gasteiger partial charge in [-0.05, 0) is 20.5 Å². The molecule has 1 rings (SSSR count). The first kappa shape index (κ1) is 14.7. The zero-order chi connectivity index (χ0) is 13.4. The summed E-state index contributed by atoms with van der Waals surface area (Å²) in [4.78, 5) is 11.2. The number of likely N-dealkylation sites (N-methyl/N-ethyl adjacent to an activating group) is 1. The van der Waals surface area contributed by atoms with Crippen molar-refractivity contribution in [1.29, 1.82) is 0 Å². The van der Waals surface area contributed by atoms with Crippen LogP contribution in [0.5, 0.6) is 0 Å². The Morgan fingerprint density at radius 1 is 1.11 bits per heavy atom. The van der Waals surface area contributed by atoms with Gasteiger partial charge in [-0.2, -0.15) is 0 Å². The van der Waals surface area contributed by atoms with Crippen LogP contribution < -0.4 is 10.6 Å². The molecule has 0 bridgehead atoms. The van der Waals surface area contributed by atoms with Crippen LogP contribution in [0.2, 0.25) is 0 Å². The summed E-state index contributed by atoms with van der Waals surface area (Å²) in [6, 6.07) is 1.97. The molecule has 0 saturated heterocycles. The molecule has 5 heteroatoms. The molecule has 0 aliphatic heterocycles. The molecule has 5 nitrogen and oxygen atoms in total. The average molecular weight is 251 g/mol. The highest BCUT2D eigenvalue weighted by Gasteiger charge is 2.03. The normalized spacial score (nSPS) is 10.7. The summed E-state index contributed by atoms with van der Waals surface area (Å²) in [6.07, 6.45) is 0.850. The highest BCUT2D eigenvalue weighted by Crippen LogP contribution is 2.11. The van der Waals surface area contributed by atoms with Gasteiger partial charge in [0.2, 0.25) is 0 Å². The lowest BCUT2D eigenvalue weighted by Crippen LogP contribution is -2.25. The van der Waals surface area contributed by atoms with Crippen LogP contribution in [0.15, 0.2) is 6.07 Å². The molecule has 1 heterocycles. The molecule has 0 amide bonds. The molecule has 0 aliphatic rings. The first-order valence-electron chi connectivity index (χ1n) is 6.73. The van der Waals surface area contributed by atoms with Gasteiger partial charge in [0, 0.05) is 32.1 Å². The van der Waals surface area contributed by atoms with Crippen molar-refractivity contribution < 1.29 is 0 Å². The highest BCUT2D eigenvalue weighted by atomic mass is 15.1. The summed E-state index contributed by atoms with van der Waals surface area (Å²) in [5, 5.41) is 6.58. The third-order valence-electron chi connectivity index (χ3n) is 2.79. The minimum Gasteiger partial charge on any atom is -0.370 e. The Morgan fingerprint density at radius 3 is 2.33 bits per heavy atom. The largest absolute Gasteiger partial charge is 0.370 e. The second kappa shape index (κ2) is 7.87. The second-order valence-electron chi connectivity index (χ2n) is 4.26. The van der Waals surface area contributed by atoms with Crippen LogP contribution >= 0.6 is 0 Å². The molecule has 0 saturated carbocycles. The quantitative estimate of drug-likeness (QED) is 0.738.